The number of methoxy groups -OCH3 is 2. The molecule has 0 amide bonds. The maximum Gasteiger partial charge on any atom is 0.296 e. The minimum absolute atomic E-state index is 0.0634. The quantitative estimate of drug-likeness (QED) is 0.537. The fourth-order valence-corrected chi connectivity index (χ4v) is 2.05. The van der Waals surface area contributed by atoms with E-state index in [4.69, 9.17) is 14.6 Å². The number of hydrogen-bond donors (Lipinski definition) is 2. The van der Waals surface area contributed by atoms with Crippen LogP contribution in [-0.4, -0.2) is 37.4 Å². The monoisotopic (exact) mass is 298 g/mol. The van der Waals surface area contributed by atoms with Crippen molar-refractivity contribution in [1.29, 1.82) is 0 Å². The van der Waals surface area contributed by atoms with Gasteiger partial charge in [-0.2, -0.15) is 0 Å². The van der Waals surface area contributed by atoms with Crippen molar-refractivity contribution in [1.82, 2.24) is 0 Å². The van der Waals surface area contributed by atoms with Crippen LogP contribution in [0.4, 0.5) is 11.4 Å². The van der Waals surface area contributed by atoms with Crippen molar-refractivity contribution in [3.05, 3.63) is 22.2 Å². The lowest BCUT2D eigenvalue weighted by molar-refractivity contribution is -0.384. The zero-order chi connectivity index (χ0) is 15.8. The van der Waals surface area contributed by atoms with Crippen molar-refractivity contribution in [2.45, 2.75) is 19.8 Å². The molecule has 0 saturated carbocycles. The Morgan fingerprint density at radius 1 is 1.33 bits per heavy atom. The fourth-order valence-electron chi connectivity index (χ4n) is 2.05. The molecule has 0 aliphatic heterocycles. The highest BCUT2D eigenvalue weighted by Crippen LogP contribution is 2.37. The normalized spacial score (nSPS) is 11.8. The summed E-state index contributed by atoms with van der Waals surface area (Å²) in [5.74, 6) is 1.00. The zero-order valence-corrected chi connectivity index (χ0v) is 12.6. The van der Waals surface area contributed by atoms with E-state index in [9.17, 15) is 10.1 Å². The molecule has 118 valence electrons. The van der Waals surface area contributed by atoms with Crippen LogP contribution in [0.3, 0.4) is 0 Å². The standard InChI is InChI=1S/C14H22N2O5/c1-4-10(5-6-17)9-15-11-7-13(20-2)14(21-3)8-12(11)16(18)19/h7-8,10,15,17H,4-6,9H2,1-3H3. The van der Waals surface area contributed by atoms with E-state index in [0.29, 0.717) is 30.2 Å². The van der Waals surface area contributed by atoms with Crippen LogP contribution in [0, 0.1) is 16.0 Å². The van der Waals surface area contributed by atoms with Crippen molar-refractivity contribution in [2.75, 3.05) is 32.7 Å². The van der Waals surface area contributed by atoms with Crippen LogP contribution in [0.25, 0.3) is 0 Å². The number of aliphatic hydroxyl groups excluding tert-OH is 1. The van der Waals surface area contributed by atoms with E-state index >= 15 is 0 Å². The lowest BCUT2D eigenvalue weighted by atomic mass is 10.0. The lowest BCUT2D eigenvalue weighted by Crippen LogP contribution is -2.15. The molecule has 0 aliphatic rings. The van der Waals surface area contributed by atoms with Gasteiger partial charge < -0.3 is 19.9 Å². The van der Waals surface area contributed by atoms with E-state index in [2.05, 4.69) is 5.32 Å². The first-order valence-electron chi connectivity index (χ1n) is 6.82. The summed E-state index contributed by atoms with van der Waals surface area (Å²) in [7, 11) is 2.91. The summed E-state index contributed by atoms with van der Waals surface area (Å²) in [5.41, 5.74) is 0.320. The largest absolute Gasteiger partial charge is 0.493 e. The van der Waals surface area contributed by atoms with Crippen molar-refractivity contribution >= 4 is 11.4 Å². The predicted octanol–water partition coefficient (Wildman–Crippen LogP) is 2.43. The third-order valence-corrected chi connectivity index (χ3v) is 3.39. The van der Waals surface area contributed by atoms with E-state index in [1.54, 1.807) is 6.07 Å². The van der Waals surface area contributed by atoms with Crippen LogP contribution in [0.5, 0.6) is 11.5 Å². The molecule has 21 heavy (non-hydrogen) atoms. The Bertz CT molecular complexity index is 479. The van der Waals surface area contributed by atoms with Crippen LogP contribution in [0.1, 0.15) is 19.8 Å². The number of nitrogens with zero attached hydrogens (tertiary/aromatic N) is 1. The summed E-state index contributed by atoms with van der Waals surface area (Å²) in [5, 5.41) is 23.2. The molecule has 0 bridgehead atoms. The molecule has 1 unspecified atom stereocenters. The number of rotatable bonds is 9. The van der Waals surface area contributed by atoms with Crippen molar-refractivity contribution in [3.63, 3.8) is 0 Å². The highest BCUT2D eigenvalue weighted by molar-refractivity contribution is 5.68. The molecule has 0 aliphatic carbocycles. The van der Waals surface area contributed by atoms with Gasteiger partial charge in [-0.3, -0.25) is 10.1 Å². The molecule has 1 rings (SSSR count). The van der Waals surface area contributed by atoms with Gasteiger partial charge in [0, 0.05) is 19.2 Å². The van der Waals surface area contributed by atoms with Crippen LogP contribution in [0.15, 0.2) is 12.1 Å². The molecular weight excluding hydrogens is 276 g/mol. The first kappa shape index (κ1) is 17.0. The van der Waals surface area contributed by atoms with Gasteiger partial charge in [0.05, 0.1) is 25.2 Å². The number of hydrogen-bond acceptors (Lipinski definition) is 6. The van der Waals surface area contributed by atoms with E-state index < -0.39 is 4.92 Å². The number of ether oxygens (including phenoxy) is 2. The van der Waals surface area contributed by atoms with E-state index in [1.165, 1.54) is 20.3 Å². The van der Waals surface area contributed by atoms with Gasteiger partial charge in [0.2, 0.25) is 0 Å². The Labute approximate surface area is 124 Å². The highest BCUT2D eigenvalue weighted by Gasteiger charge is 2.20. The average Bonchev–Trinajstić information content (AvgIpc) is 2.50. The number of anilines is 1. The summed E-state index contributed by atoms with van der Waals surface area (Å²) in [4.78, 5) is 10.7. The average molecular weight is 298 g/mol. The number of benzene rings is 1. The Kier molecular flexibility index (Phi) is 6.74. The van der Waals surface area contributed by atoms with Crippen LogP contribution >= 0.6 is 0 Å². The Morgan fingerprint density at radius 2 is 1.95 bits per heavy atom. The molecule has 0 spiro atoms. The second-order valence-corrected chi connectivity index (χ2v) is 4.65. The maximum atomic E-state index is 11.2. The fraction of sp³-hybridized carbons (Fsp3) is 0.571. The topological polar surface area (TPSA) is 93.9 Å². The lowest BCUT2D eigenvalue weighted by Gasteiger charge is -2.16. The van der Waals surface area contributed by atoms with Crippen LogP contribution in [-0.2, 0) is 0 Å². The second-order valence-electron chi connectivity index (χ2n) is 4.65. The van der Waals surface area contributed by atoms with Gasteiger partial charge in [-0.1, -0.05) is 13.3 Å². The molecule has 0 aromatic heterocycles. The van der Waals surface area contributed by atoms with Gasteiger partial charge in [-0.15, -0.1) is 0 Å². The Hall–Kier alpha value is -2.02. The SMILES string of the molecule is CCC(CCO)CNc1cc(OC)c(OC)cc1[N+](=O)[O-]. The maximum absolute atomic E-state index is 11.2. The molecule has 1 aromatic carbocycles. The third-order valence-electron chi connectivity index (χ3n) is 3.39. The first-order valence-corrected chi connectivity index (χ1v) is 6.82. The third kappa shape index (κ3) is 4.49. The van der Waals surface area contributed by atoms with E-state index in [-0.39, 0.29) is 18.2 Å². The highest BCUT2D eigenvalue weighted by atomic mass is 16.6. The molecular formula is C14H22N2O5. The Morgan fingerprint density at radius 3 is 2.43 bits per heavy atom. The minimum atomic E-state index is -0.461. The van der Waals surface area contributed by atoms with Crippen LogP contribution < -0.4 is 14.8 Å². The van der Waals surface area contributed by atoms with E-state index in [1.807, 2.05) is 6.92 Å². The molecule has 7 heteroatoms. The number of nitro groups is 1. The number of aliphatic hydroxyl groups is 1. The summed E-state index contributed by atoms with van der Waals surface area (Å²) in [6.07, 6.45) is 1.54. The van der Waals surface area contributed by atoms with Crippen molar-refractivity contribution in [3.8, 4) is 11.5 Å². The number of nitro benzene ring substituents is 1. The Balaban J connectivity index is 3.00. The predicted molar refractivity (Wildman–Crippen MR) is 80.2 cm³/mol. The van der Waals surface area contributed by atoms with Gasteiger partial charge >= 0.3 is 0 Å². The van der Waals surface area contributed by atoms with Crippen molar-refractivity contribution in [2.24, 2.45) is 5.92 Å². The summed E-state index contributed by atoms with van der Waals surface area (Å²) >= 11 is 0. The summed E-state index contributed by atoms with van der Waals surface area (Å²) < 4.78 is 10.2. The van der Waals surface area contributed by atoms with Gasteiger partial charge in [0.25, 0.3) is 5.69 Å². The second kappa shape index (κ2) is 8.31. The smallest absolute Gasteiger partial charge is 0.296 e. The molecule has 0 saturated heterocycles. The molecule has 7 nitrogen and oxygen atoms in total. The van der Waals surface area contributed by atoms with Gasteiger partial charge in [0.15, 0.2) is 11.5 Å². The first-order chi connectivity index (χ1) is 10.1. The molecule has 1 atom stereocenters. The minimum Gasteiger partial charge on any atom is -0.493 e. The van der Waals surface area contributed by atoms with Gasteiger partial charge in [0.1, 0.15) is 5.69 Å². The molecule has 0 radical (unpaired) electrons. The molecule has 0 heterocycles. The zero-order valence-electron chi connectivity index (χ0n) is 12.6. The molecule has 0 fully saturated rings. The van der Waals surface area contributed by atoms with Gasteiger partial charge in [-0.25, -0.2) is 0 Å². The summed E-state index contributed by atoms with van der Waals surface area (Å²) in [6.45, 7) is 2.67. The number of nitrogens with one attached hydrogen (secondary N) is 1. The van der Waals surface area contributed by atoms with Gasteiger partial charge in [-0.05, 0) is 12.3 Å². The van der Waals surface area contributed by atoms with E-state index in [0.717, 1.165) is 6.42 Å². The van der Waals surface area contributed by atoms with Crippen LogP contribution in [0.2, 0.25) is 0 Å². The van der Waals surface area contributed by atoms with Crippen molar-refractivity contribution < 1.29 is 19.5 Å². The molecule has 2 N–H and O–H groups in total. The summed E-state index contributed by atoms with van der Waals surface area (Å²) in [6, 6.07) is 2.90. The molecule has 1 aromatic rings.